The van der Waals surface area contributed by atoms with Gasteiger partial charge in [0.05, 0.1) is 15.6 Å². The van der Waals surface area contributed by atoms with Gasteiger partial charge in [0.1, 0.15) is 0 Å². The van der Waals surface area contributed by atoms with E-state index in [1.54, 1.807) is 50.2 Å². The van der Waals surface area contributed by atoms with Crippen LogP contribution in [0.25, 0.3) is 0 Å². The van der Waals surface area contributed by atoms with Crippen molar-refractivity contribution >= 4 is 39.0 Å². The first kappa shape index (κ1) is 20.9. The van der Waals surface area contributed by atoms with E-state index >= 15 is 0 Å². The fourth-order valence-corrected chi connectivity index (χ4v) is 3.86. The number of amidine groups is 1. The molecule has 0 saturated carbocycles. The number of Topliss-reactive ketones (excluding diaryl/α,β-unsaturated/α-hetero) is 1. The van der Waals surface area contributed by atoms with Gasteiger partial charge in [0.15, 0.2) is 11.6 Å². The minimum absolute atomic E-state index is 0.00877. The highest BCUT2D eigenvalue weighted by atomic mass is 35.5. The van der Waals surface area contributed by atoms with Crippen molar-refractivity contribution in [3.8, 4) is 0 Å². The van der Waals surface area contributed by atoms with Crippen molar-refractivity contribution in [3.63, 3.8) is 0 Å². The number of carbonyl (C=O) groups excluding carboxylic acids is 1. The lowest BCUT2D eigenvalue weighted by atomic mass is 9.97. The van der Waals surface area contributed by atoms with Crippen LogP contribution in [-0.4, -0.2) is 25.7 Å². The van der Waals surface area contributed by atoms with Crippen molar-refractivity contribution in [2.75, 3.05) is 0 Å². The maximum atomic E-state index is 12.9. The molecule has 0 heterocycles. The molecular weight excluding hydrogens is 408 g/mol. The van der Waals surface area contributed by atoms with Gasteiger partial charge in [0.2, 0.25) is 0 Å². The molecule has 0 aromatic heterocycles. The third-order valence-corrected chi connectivity index (χ3v) is 6.15. The fraction of sp³-hybridized carbons (Fsp3) is 0.136. The number of benzene rings is 2. The Hall–Kier alpha value is -2.83. The molecular formula is C22H19ClN2O3S. The van der Waals surface area contributed by atoms with Gasteiger partial charge < -0.3 is 0 Å². The van der Waals surface area contributed by atoms with E-state index in [0.29, 0.717) is 22.4 Å². The number of allylic oxidation sites excluding steroid dienone is 4. The number of rotatable bonds is 3. The summed E-state index contributed by atoms with van der Waals surface area (Å²) in [6.45, 7) is 5.14. The lowest BCUT2D eigenvalue weighted by molar-refractivity contribution is -0.112. The summed E-state index contributed by atoms with van der Waals surface area (Å²) in [6, 6.07) is 15.2. The Morgan fingerprint density at radius 3 is 2.17 bits per heavy atom. The van der Waals surface area contributed by atoms with Crippen molar-refractivity contribution < 1.29 is 13.2 Å². The van der Waals surface area contributed by atoms with Crippen LogP contribution in [0.15, 0.2) is 91.1 Å². The minimum atomic E-state index is -4.00. The quantitative estimate of drug-likeness (QED) is 0.408. The Balaban J connectivity index is 2.18. The lowest BCUT2D eigenvalue weighted by Gasteiger charge is -2.13. The lowest BCUT2D eigenvalue weighted by Crippen LogP contribution is -2.16. The summed E-state index contributed by atoms with van der Waals surface area (Å²) in [5, 5.41) is 0.178. The maximum absolute atomic E-state index is 12.9. The molecule has 0 radical (unpaired) electrons. The molecule has 0 atom stereocenters. The average molecular weight is 427 g/mol. The number of sulfonamides is 1. The van der Waals surface area contributed by atoms with Gasteiger partial charge in [-0.1, -0.05) is 59.6 Å². The van der Waals surface area contributed by atoms with Gasteiger partial charge in [0, 0.05) is 11.1 Å². The molecule has 0 aliphatic heterocycles. The van der Waals surface area contributed by atoms with E-state index in [4.69, 9.17) is 11.6 Å². The summed E-state index contributed by atoms with van der Waals surface area (Å²) >= 11 is 6.31. The monoisotopic (exact) mass is 426 g/mol. The Labute approximate surface area is 175 Å². The standard InChI is InChI=1S/C22H19ClN2O3S/c1-14-9-11-18(12-10-14)29(27,28)25-22(17-7-5-4-6-8-17)24-19-13-15(2)21(26)16(3)20(19)23/h4-13H,1-3H3. The number of carbonyl (C=O) groups is 1. The first-order chi connectivity index (χ1) is 13.7. The molecule has 2 aromatic carbocycles. The SMILES string of the molecule is CC1=CC(=NC(=NS(=O)(=O)c2ccc(C)cc2)c2ccccc2)C(Cl)=C(C)C1=O. The summed E-state index contributed by atoms with van der Waals surface area (Å²) in [4.78, 5) is 16.6. The summed E-state index contributed by atoms with van der Waals surface area (Å²) in [5.74, 6) is -0.176. The number of aliphatic imine (C=N–C) groups is 1. The first-order valence-electron chi connectivity index (χ1n) is 8.84. The zero-order valence-corrected chi connectivity index (χ0v) is 17.8. The zero-order chi connectivity index (χ0) is 21.2. The Kier molecular flexibility index (Phi) is 5.96. The summed E-state index contributed by atoms with van der Waals surface area (Å²) < 4.78 is 29.7. The van der Waals surface area contributed by atoms with Crippen LogP contribution < -0.4 is 0 Å². The molecule has 0 unspecified atom stereocenters. The summed E-state index contributed by atoms with van der Waals surface area (Å²) in [7, 11) is -4.00. The largest absolute Gasteiger partial charge is 0.289 e. The van der Waals surface area contributed by atoms with Crippen molar-refractivity contribution in [2.24, 2.45) is 9.39 Å². The normalized spacial score (nSPS) is 17.0. The van der Waals surface area contributed by atoms with E-state index in [0.717, 1.165) is 5.56 Å². The minimum Gasteiger partial charge on any atom is -0.289 e. The van der Waals surface area contributed by atoms with Gasteiger partial charge in [-0.3, -0.25) is 4.79 Å². The van der Waals surface area contributed by atoms with Crippen LogP contribution in [0.2, 0.25) is 0 Å². The number of aryl methyl sites for hydroxylation is 1. The van der Waals surface area contributed by atoms with Crippen LogP contribution in [0.3, 0.4) is 0 Å². The number of hydrogen-bond acceptors (Lipinski definition) is 3. The van der Waals surface area contributed by atoms with Gasteiger partial charge in [-0.25, -0.2) is 4.99 Å². The van der Waals surface area contributed by atoms with E-state index in [1.165, 1.54) is 18.2 Å². The second-order valence-corrected chi connectivity index (χ2v) is 8.64. The smallest absolute Gasteiger partial charge is 0.284 e. The molecule has 1 aliphatic rings. The topological polar surface area (TPSA) is 75.9 Å². The molecule has 0 N–H and O–H groups in total. The molecule has 3 rings (SSSR count). The van der Waals surface area contributed by atoms with Crippen molar-refractivity contribution in [1.29, 1.82) is 0 Å². The van der Waals surface area contributed by atoms with E-state index in [2.05, 4.69) is 9.39 Å². The highest BCUT2D eigenvalue weighted by molar-refractivity contribution is 7.90. The molecule has 0 spiro atoms. The van der Waals surface area contributed by atoms with Crippen LogP contribution in [0.4, 0.5) is 0 Å². The number of hydrogen-bond donors (Lipinski definition) is 0. The van der Waals surface area contributed by atoms with Gasteiger partial charge in [-0.15, -0.1) is 4.40 Å². The van der Waals surface area contributed by atoms with Crippen molar-refractivity contribution in [2.45, 2.75) is 25.7 Å². The Morgan fingerprint density at radius 2 is 1.55 bits per heavy atom. The molecule has 148 valence electrons. The van der Waals surface area contributed by atoms with E-state index in [-0.39, 0.29) is 21.5 Å². The molecule has 2 aromatic rings. The number of halogens is 1. The van der Waals surface area contributed by atoms with Gasteiger partial charge in [0.25, 0.3) is 10.0 Å². The molecule has 0 amide bonds. The van der Waals surface area contributed by atoms with Crippen molar-refractivity contribution in [1.82, 2.24) is 0 Å². The molecule has 1 aliphatic carbocycles. The van der Waals surface area contributed by atoms with E-state index < -0.39 is 10.0 Å². The van der Waals surface area contributed by atoms with Gasteiger partial charge in [-0.2, -0.15) is 8.42 Å². The molecule has 0 fully saturated rings. The molecule has 29 heavy (non-hydrogen) atoms. The van der Waals surface area contributed by atoms with E-state index in [1.807, 2.05) is 13.0 Å². The second kappa shape index (κ2) is 8.27. The second-order valence-electron chi connectivity index (χ2n) is 6.66. The number of nitrogens with zero attached hydrogens (tertiary/aromatic N) is 2. The van der Waals surface area contributed by atoms with Crippen molar-refractivity contribution in [3.05, 3.63) is 88.0 Å². The maximum Gasteiger partial charge on any atom is 0.284 e. The van der Waals surface area contributed by atoms with Crippen LogP contribution in [-0.2, 0) is 14.8 Å². The van der Waals surface area contributed by atoms with Crippen LogP contribution >= 0.6 is 11.6 Å². The summed E-state index contributed by atoms with van der Waals surface area (Å²) in [5.41, 5.74) is 2.58. The number of ketones is 1. The third-order valence-electron chi connectivity index (χ3n) is 4.39. The van der Waals surface area contributed by atoms with Crippen LogP contribution in [0.1, 0.15) is 25.0 Å². The molecule has 0 bridgehead atoms. The highest BCUT2D eigenvalue weighted by Gasteiger charge is 2.22. The highest BCUT2D eigenvalue weighted by Crippen LogP contribution is 2.24. The Bertz CT molecular complexity index is 1190. The van der Waals surface area contributed by atoms with Gasteiger partial charge >= 0.3 is 0 Å². The van der Waals surface area contributed by atoms with Crippen LogP contribution in [0.5, 0.6) is 0 Å². The van der Waals surface area contributed by atoms with Gasteiger partial charge in [-0.05, 0) is 44.6 Å². The van der Waals surface area contributed by atoms with E-state index in [9.17, 15) is 13.2 Å². The predicted molar refractivity (Wildman–Crippen MR) is 116 cm³/mol. The third kappa shape index (κ3) is 4.60. The molecule has 7 heteroatoms. The van der Waals surface area contributed by atoms with Crippen LogP contribution in [0, 0.1) is 6.92 Å². The fourth-order valence-electron chi connectivity index (χ4n) is 2.72. The molecule has 5 nitrogen and oxygen atoms in total. The summed E-state index contributed by atoms with van der Waals surface area (Å²) in [6.07, 6.45) is 1.54. The molecule has 0 saturated heterocycles. The first-order valence-corrected chi connectivity index (χ1v) is 10.7. The average Bonchev–Trinajstić information content (AvgIpc) is 2.70. The zero-order valence-electron chi connectivity index (χ0n) is 16.2. The Morgan fingerprint density at radius 1 is 0.931 bits per heavy atom. The predicted octanol–water partition coefficient (Wildman–Crippen LogP) is 4.61.